The second-order valence-electron chi connectivity index (χ2n) is 6.24. The van der Waals surface area contributed by atoms with E-state index in [1.54, 1.807) is 31.6 Å². The molecular weight excluding hydrogens is 493 g/mol. The van der Waals surface area contributed by atoms with Gasteiger partial charge >= 0.3 is 178 Å². The number of carbonyl (C=O) groups excluding carboxylic acids is 1. The van der Waals surface area contributed by atoms with Crippen LogP contribution in [-0.2, 0) is 29.6 Å². The first-order valence-electron chi connectivity index (χ1n) is 8.48. The van der Waals surface area contributed by atoms with Crippen LogP contribution >= 0.6 is 19.4 Å². The van der Waals surface area contributed by atoms with Crippen LogP contribution in [-0.4, -0.2) is 30.3 Å². The molecule has 4 nitrogen and oxygen atoms in total. The van der Waals surface area contributed by atoms with Crippen molar-refractivity contribution >= 4 is 35.6 Å². The molecule has 0 amide bonds. The Morgan fingerprint density at radius 1 is 1.21 bits per heavy atom. The fraction of sp³-hybridized carbons (Fsp3) is 0.300. The van der Waals surface area contributed by atoms with Gasteiger partial charge in [-0.2, -0.15) is 0 Å². The quantitative estimate of drug-likeness (QED) is 0.372. The molecule has 28 heavy (non-hydrogen) atoms. The fourth-order valence-corrected chi connectivity index (χ4v) is 4.44. The van der Waals surface area contributed by atoms with Crippen molar-refractivity contribution in [1.29, 1.82) is 0 Å². The second-order valence-corrected chi connectivity index (χ2v) is 12.0. The van der Waals surface area contributed by atoms with Crippen LogP contribution in [0.2, 0.25) is 0 Å². The van der Waals surface area contributed by atoms with Gasteiger partial charge in [0.05, 0.1) is 0 Å². The second kappa shape index (κ2) is 10.9. The van der Waals surface area contributed by atoms with Crippen LogP contribution in [0.15, 0.2) is 42.5 Å². The fourth-order valence-electron chi connectivity index (χ4n) is 2.58. The van der Waals surface area contributed by atoms with E-state index in [1.165, 1.54) is 12.1 Å². The van der Waals surface area contributed by atoms with E-state index in [4.69, 9.17) is 28.9 Å². The molecule has 0 aliphatic heterocycles. The van der Waals surface area contributed by atoms with Crippen molar-refractivity contribution < 1.29 is 32.2 Å². The first-order valence-corrected chi connectivity index (χ1v) is 14.0. The molecule has 0 bridgehead atoms. The normalized spacial score (nSPS) is 11.2. The van der Waals surface area contributed by atoms with Crippen molar-refractivity contribution in [2.45, 2.75) is 26.5 Å². The third kappa shape index (κ3) is 7.16. The Hall–Kier alpha value is -1.49. The van der Waals surface area contributed by atoms with E-state index >= 15 is 0 Å². The van der Waals surface area contributed by atoms with Crippen molar-refractivity contribution in [3.63, 3.8) is 0 Å². The van der Waals surface area contributed by atoms with Crippen LogP contribution in [0.1, 0.15) is 25.0 Å². The van der Waals surface area contributed by atoms with E-state index in [0.29, 0.717) is 17.9 Å². The molecule has 154 valence electrons. The van der Waals surface area contributed by atoms with Gasteiger partial charge in [-0.15, -0.1) is 0 Å². The number of methoxy groups -OCH3 is 1. The van der Waals surface area contributed by atoms with Gasteiger partial charge in [-0.05, 0) is 0 Å². The predicted molar refractivity (Wildman–Crippen MR) is 109 cm³/mol. The topological polar surface area (TPSA) is 38.8 Å². The Balaban J connectivity index is 2.36. The number of hydrogen-bond donors (Lipinski definition) is 0. The van der Waals surface area contributed by atoms with Gasteiger partial charge in [0.2, 0.25) is 0 Å². The minimum atomic E-state index is -2.14. The van der Waals surface area contributed by atoms with Crippen LogP contribution in [0.25, 0.3) is 0 Å². The summed E-state index contributed by atoms with van der Waals surface area (Å²) in [4.78, 5) is 14.1. The molecule has 2 aromatic rings. The Morgan fingerprint density at radius 3 is 2.46 bits per heavy atom. The summed E-state index contributed by atoms with van der Waals surface area (Å²) in [5, 5.41) is 0. The van der Waals surface area contributed by atoms with Gasteiger partial charge in [-0.25, -0.2) is 0 Å². The zero-order valence-corrected chi connectivity index (χ0v) is 19.0. The number of rotatable bonds is 8. The van der Waals surface area contributed by atoms with Crippen molar-refractivity contribution in [3.8, 4) is 5.75 Å². The van der Waals surface area contributed by atoms with Crippen LogP contribution in [0.4, 0.5) is 10.1 Å². The number of carbonyl (C=O) groups is 1. The molecule has 0 aliphatic rings. The average molecular weight is 515 g/mol. The Bertz CT molecular complexity index is 840. The third-order valence-electron chi connectivity index (χ3n) is 3.78. The third-order valence-corrected chi connectivity index (χ3v) is 5.61. The Kier molecular flexibility index (Phi) is 8.87. The zero-order chi connectivity index (χ0) is 20.7. The van der Waals surface area contributed by atoms with E-state index in [2.05, 4.69) is 0 Å². The van der Waals surface area contributed by atoms with Crippen molar-refractivity contribution in [1.82, 2.24) is 0 Å². The molecule has 0 heterocycles. The number of halogens is 3. The molecule has 0 aliphatic carbocycles. The zero-order valence-electron chi connectivity index (χ0n) is 15.8. The molecule has 0 spiro atoms. The molecule has 0 radical (unpaired) electrons. The maximum absolute atomic E-state index is 13.7. The first kappa shape index (κ1) is 22.8. The molecule has 0 unspecified atom stereocenters. The molecule has 0 fully saturated rings. The molecular formula is C20H22Cl2FNO3Ru. The van der Waals surface area contributed by atoms with Crippen LogP contribution in [0.3, 0.4) is 0 Å². The number of esters is 1. The van der Waals surface area contributed by atoms with Gasteiger partial charge in [-0.3, -0.25) is 0 Å². The Labute approximate surface area is 177 Å². The van der Waals surface area contributed by atoms with Gasteiger partial charge in [0.15, 0.2) is 0 Å². The maximum atomic E-state index is 13.7. The van der Waals surface area contributed by atoms with Crippen molar-refractivity contribution in [2.75, 3.05) is 18.6 Å². The van der Waals surface area contributed by atoms with E-state index in [-0.39, 0.29) is 24.4 Å². The predicted octanol–water partition coefficient (Wildman–Crippen LogP) is 4.87. The number of ether oxygens (including phenoxy) is 2. The number of hydrogen-bond acceptors (Lipinski definition) is 4. The minimum absolute atomic E-state index is 0.0459. The van der Waals surface area contributed by atoms with Crippen LogP contribution in [0, 0.1) is 5.82 Å². The van der Waals surface area contributed by atoms with Crippen molar-refractivity contribution in [2.24, 2.45) is 0 Å². The summed E-state index contributed by atoms with van der Waals surface area (Å²) in [7, 11) is 13.6. The first-order chi connectivity index (χ1) is 13.3. The van der Waals surface area contributed by atoms with Crippen LogP contribution in [0.5, 0.6) is 5.75 Å². The van der Waals surface area contributed by atoms with Gasteiger partial charge in [0.25, 0.3) is 0 Å². The summed E-state index contributed by atoms with van der Waals surface area (Å²) in [6, 6.07) is 11.8. The molecule has 0 aromatic heterocycles. The summed E-state index contributed by atoms with van der Waals surface area (Å²) >= 11 is -2.14. The van der Waals surface area contributed by atoms with Gasteiger partial charge in [-0.1, -0.05) is 0 Å². The monoisotopic (exact) mass is 515 g/mol. The SMILES string of the molecule is COc1ccc(N(CC(=O)OC(C)C)Cc2ccc(F)cc2[CH]=[Ru]([Cl])[Cl])cc1. The average Bonchev–Trinajstić information content (AvgIpc) is 2.62. The Morgan fingerprint density at radius 2 is 1.89 bits per heavy atom. The molecule has 0 atom stereocenters. The van der Waals surface area contributed by atoms with E-state index in [1.807, 2.05) is 29.2 Å². The summed E-state index contributed by atoms with van der Waals surface area (Å²) in [6.45, 7) is 4.01. The van der Waals surface area contributed by atoms with E-state index < -0.39 is 13.5 Å². The molecule has 2 aromatic carbocycles. The van der Waals surface area contributed by atoms with Crippen LogP contribution < -0.4 is 9.64 Å². The summed E-state index contributed by atoms with van der Waals surface area (Å²) < 4.78 is 25.9. The molecule has 0 N–H and O–H groups in total. The van der Waals surface area contributed by atoms with Gasteiger partial charge in [0, 0.05) is 0 Å². The number of nitrogens with zero attached hydrogens (tertiary/aromatic N) is 1. The van der Waals surface area contributed by atoms with Gasteiger partial charge in [0.1, 0.15) is 0 Å². The standard InChI is InChI=1S/C20H22FNO3.2ClH.Ru/c1-14(2)25-20(23)13-22(18-7-9-19(24-4)10-8-18)12-16-5-6-17(21)11-15(16)3;;;/h3,5-11,14H,12-13H2,1-2,4H3;2*1H;/q;;;+2/p-2. The summed E-state index contributed by atoms with van der Waals surface area (Å²) in [5.74, 6) is -0.00256. The molecule has 0 saturated heterocycles. The van der Waals surface area contributed by atoms with Crippen molar-refractivity contribution in [3.05, 3.63) is 59.4 Å². The molecule has 0 saturated carbocycles. The number of anilines is 1. The summed E-state index contributed by atoms with van der Waals surface area (Å²) in [6.07, 6.45) is -0.209. The summed E-state index contributed by atoms with van der Waals surface area (Å²) in [5.41, 5.74) is 2.26. The van der Waals surface area contributed by atoms with E-state index in [0.717, 1.165) is 11.3 Å². The van der Waals surface area contributed by atoms with E-state index in [9.17, 15) is 9.18 Å². The van der Waals surface area contributed by atoms with Gasteiger partial charge < -0.3 is 0 Å². The molecule has 2 rings (SSSR count). The molecule has 8 heteroatoms. The number of benzene rings is 2.